The number of halogens is 6. The second kappa shape index (κ2) is 6.28. The van der Waals surface area contributed by atoms with Crippen LogP contribution in [0, 0.1) is 6.92 Å². The van der Waals surface area contributed by atoms with E-state index in [0.717, 1.165) is 21.6 Å². The van der Waals surface area contributed by atoms with Gasteiger partial charge in [0, 0.05) is 25.4 Å². The van der Waals surface area contributed by atoms with Crippen LogP contribution in [0.1, 0.15) is 17.0 Å². The Hall–Kier alpha value is -3.05. The van der Waals surface area contributed by atoms with Gasteiger partial charge in [-0.1, -0.05) is 0 Å². The largest absolute Gasteiger partial charge is 0.435 e. The van der Waals surface area contributed by atoms with Gasteiger partial charge >= 0.3 is 12.4 Å². The van der Waals surface area contributed by atoms with Crippen molar-refractivity contribution in [1.29, 1.82) is 0 Å². The Morgan fingerprint density at radius 2 is 1.59 bits per heavy atom. The van der Waals surface area contributed by atoms with Crippen molar-refractivity contribution in [2.45, 2.75) is 19.3 Å². The van der Waals surface area contributed by atoms with Gasteiger partial charge in [-0.25, -0.2) is 9.36 Å². The number of hydrogen-bond acceptors (Lipinski definition) is 4. The molecule has 27 heavy (non-hydrogen) atoms. The third-order valence-corrected chi connectivity index (χ3v) is 3.38. The number of nitrogens with zero attached hydrogens (tertiary/aromatic N) is 5. The van der Waals surface area contributed by atoms with Gasteiger partial charge in [0.2, 0.25) is 11.8 Å². The van der Waals surface area contributed by atoms with Crippen molar-refractivity contribution in [2.24, 2.45) is 7.05 Å². The van der Waals surface area contributed by atoms with Gasteiger partial charge < -0.3 is 4.74 Å². The quantitative estimate of drug-likeness (QED) is 0.630. The zero-order valence-corrected chi connectivity index (χ0v) is 13.8. The summed E-state index contributed by atoms with van der Waals surface area (Å²) in [5, 5.41) is 6.71. The Kier molecular flexibility index (Phi) is 4.36. The number of ether oxygens (including phenoxy) is 1. The lowest BCUT2D eigenvalue weighted by Crippen LogP contribution is -2.08. The normalized spacial score (nSPS) is 12.4. The lowest BCUT2D eigenvalue weighted by Gasteiger charge is -2.08. The van der Waals surface area contributed by atoms with Crippen molar-refractivity contribution in [3.05, 3.63) is 47.4 Å². The Labute approximate surface area is 148 Å². The molecule has 3 rings (SSSR count). The smallest absolute Gasteiger partial charge is 0.421 e. The Bertz CT molecular complexity index is 972. The second-order valence-corrected chi connectivity index (χ2v) is 5.58. The summed E-state index contributed by atoms with van der Waals surface area (Å²) in [6.07, 6.45) is -8.19. The molecule has 0 atom stereocenters. The molecule has 0 unspecified atom stereocenters. The van der Waals surface area contributed by atoms with Crippen molar-refractivity contribution in [3.63, 3.8) is 0 Å². The van der Waals surface area contributed by atoms with Crippen LogP contribution >= 0.6 is 0 Å². The summed E-state index contributed by atoms with van der Waals surface area (Å²) < 4.78 is 83.3. The van der Waals surface area contributed by atoms with E-state index in [-0.39, 0.29) is 17.6 Å². The third kappa shape index (κ3) is 4.04. The standard InChI is InChI=1S/C15H11F6N5O/c1-8-5-11(26-4-3-9(24-26)14(16,17)18)22-12(6-8)27-13-7-10(15(19,20)21)23-25(13)2/h3-7H,1-2H3. The molecule has 6 nitrogen and oxygen atoms in total. The second-order valence-electron chi connectivity index (χ2n) is 5.58. The van der Waals surface area contributed by atoms with Crippen LogP contribution in [0.3, 0.4) is 0 Å². The maximum absolute atomic E-state index is 12.7. The molecule has 0 aliphatic rings. The molecular formula is C15H11F6N5O. The minimum atomic E-state index is -4.65. The first-order valence-electron chi connectivity index (χ1n) is 7.34. The molecule has 12 heteroatoms. The summed E-state index contributed by atoms with van der Waals surface area (Å²) in [6, 6.07) is 4.34. The predicted molar refractivity (Wildman–Crippen MR) is 79.4 cm³/mol. The van der Waals surface area contributed by atoms with E-state index in [2.05, 4.69) is 15.2 Å². The summed E-state index contributed by atoms with van der Waals surface area (Å²) in [4.78, 5) is 4.00. The Balaban J connectivity index is 1.93. The molecule has 3 aromatic heterocycles. The maximum atomic E-state index is 12.7. The fourth-order valence-electron chi connectivity index (χ4n) is 2.18. The first kappa shape index (κ1) is 18.7. The van der Waals surface area contributed by atoms with E-state index in [1.54, 1.807) is 6.92 Å². The van der Waals surface area contributed by atoms with Gasteiger partial charge in [-0.15, -0.1) is 0 Å². The zero-order valence-electron chi connectivity index (χ0n) is 13.8. The summed E-state index contributed by atoms with van der Waals surface area (Å²) in [5.74, 6) is -0.340. The first-order valence-corrected chi connectivity index (χ1v) is 7.34. The van der Waals surface area contributed by atoms with E-state index in [9.17, 15) is 26.3 Å². The first-order chi connectivity index (χ1) is 12.4. The van der Waals surface area contributed by atoms with Gasteiger partial charge in [0.25, 0.3) is 0 Å². The molecule has 0 aliphatic heterocycles. The highest BCUT2D eigenvalue weighted by atomic mass is 19.4. The van der Waals surface area contributed by atoms with Crippen LogP contribution in [0.5, 0.6) is 11.8 Å². The molecule has 0 amide bonds. The van der Waals surface area contributed by atoms with E-state index < -0.39 is 23.7 Å². The number of rotatable bonds is 3. The molecule has 0 radical (unpaired) electrons. The highest BCUT2D eigenvalue weighted by Gasteiger charge is 2.35. The average Bonchev–Trinajstić information content (AvgIpc) is 3.14. The van der Waals surface area contributed by atoms with Crippen LogP contribution in [0.25, 0.3) is 5.82 Å². The van der Waals surface area contributed by atoms with E-state index in [1.807, 2.05) is 0 Å². The molecule has 0 bridgehead atoms. The van der Waals surface area contributed by atoms with Crippen LogP contribution in [0.2, 0.25) is 0 Å². The Morgan fingerprint density at radius 1 is 0.926 bits per heavy atom. The van der Waals surface area contributed by atoms with Gasteiger partial charge in [-0.3, -0.25) is 0 Å². The van der Waals surface area contributed by atoms with Gasteiger partial charge in [0.1, 0.15) is 0 Å². The van der Waals surface area contributed by atoms with E-state index >= 15 is 0 Å². The predicted octanol–water partition coefficient (Wildman–Crippen LogP) is 4.14. The van der Waals surface area contributed by atoms with Crippen LogP contribution < -0.4 is 4.74 Å². The number of aromatic nitrogens is 5. The summed E-state index contributed by atoms with van der Waals surface area (Å²) in [5.41, 5.74) is -1.69. The lowest BCUT2D eigenvalue weighted by molar-refractivity contribution is -0.142. The molecule has 0 N–H and O–H groups in total. The molecule has 0 saturated carbocycles. The molecule has 0 saturated heterocycles. The van der Waals surface area contributed by atoms with Crippen molar-refractivity contribution in [2.75, 3.05) is 0 Å². The van der Waals surface area contributed by atoms with Crippen LogP contribution in [0.4, 0.5) is 26.3 Å². The molecule has 3 aromatic rings. The SMILES string of the molecule is Cc1cc(Oc2cc(C(F)(F)F)nn2C)nc(-n2ccc(C(F)(F)F)n2)c1. The zero-order chi connectivity index (χ0) is 20.0. The summed E-state index contributed by atoms with van der Waals surface area (Å²) >= 11 is 0. The lowest BCUT2D eigenvalue weighted by atomic mass is 10.3. The molecule has 0 fully saturated rings. The molecule has 0 aliphatic carbocycles. The third-order valence-electron chi connectivity index (χ3n) is 3.38. The molecule has 3 heterocycles. The number of alkyl halides is 6. The van der Waals surface area contributed by atoms with Gasteiger partial charge in [0.05, 0.1) is 0 Å². The van der Waals surface area contributed by atoms with E-state index in [0.29, 0.717) is 11.6 Å². The maximum Gasteiger partial charge on any atom is 0.435 e. The number of pyridine rings is 1. The van der Waals surface area contributed by atoms with Crippen LogP contribution in [-0.4, -0.2) is 24.5 Å². The monoisotopic (exact) mass is 391 g/mol. The minimum Gasteiger partial charge on any atom is -0.421 e. The molecule has 0 spiro atoms. The van der Waals surface area contributed by atoms with Gasteiger partial charge in [-0.05, 0) is 24.6 Å². The van der Waals surface area contributed by atoms with Crippen LogP contribution in [0.15, 0.2) is 30.5 Å². The van der Waals surface area contributed by atoms with E-state index in [1.165, 1.54) is 19.2 Å². The highest BCUT2D eigenvalue weighted by molar-refractivity contribution is 5.34. The fourth-order valence-corrected chi connectivity index (χ4v) is 2.18. The molecule has 144 valence electrons. The van der Waals surface area contributed by atoms with Gasteiger partial charge in [-0.2, -0.15) is 41.5 Å². The average molecular weight is 391 g/mol. The van der Waals surface area contributed by atoms with Crippen molar-refractivity contribution < 1.29 is 31.1 Å². The van der Waals surface area contributed by atoms with Gasteiger partial charge in [0.15, 0.2) is 17.2 Å². The van der Waals surface area contributed by atoms with Crippen molar-refractivity contribution >= 4 is 0 Å². The topological polar surface area (TPSA) is 57.8 Å². The number of hydrogen-bond donors (Lipinski definition) is 0. The fraction of sp³-hybridized carbons (Fsp3) is 0.267. The molecular weight excluding hydrogens is 380 g/mol. The summed E-state index contributed by atoms with van der Waals surface area (Å²) in [6.45, 7) is 1.62. The van der Waals surface area contributed by atoms with Crippen LogP contribution in [-0.2, 0) is 19.4 Å². The molecule has 0 aromatic carbocycles. The number of aryl methyl sites for hydroxylation is 2. The summed E-state index contributed by atoms with van der Waals surface area (Å²) in [7, 11) is 1.25. The Morgan fingerprint density at radius 3 is 2.15 bits per heavy atom. The highest BCUT2D eigenvalue weighted by Crippen LogP contribution is 2.32. The van der Waals surface area contributed by atoms with E-state index in [4.69, 9.17) is 4.74 Å². The van der Waals surface area contributed by atoms with Crippen molar-refractivity contribution in [3.8, 4) is 17.6 Å². The van der Waals surface area contributed by atoms with Crippen molar-refractivity contribution in [1.82, 2.24) is 24.5 Å². The minimum absolute atomic E-state index is 0.0127.